The molecule has 0 rings (SSSR count). The van der Waals surface area contributed by atoms with Gasteiger partial charge in [0.1, 0.15) is 19.3 Å². The maximum atomic E-state index is 13.0. The van der Waals surface area contributed by atoms with E-state index in [1.54, 1.807) is 0 Å². The van der Waals surface area contributed by atoms with Crippen LogP contribution in [0.4, 0.5) is 0 Å². The van der Waals surface area contributed by atoms with Crippen LogP contribution in [-0.4, -0.2) is 96.7 Å². The number of aliphatic hydroxyl groups excluding tert-OH is 1. The molecule has 0 saturated carbocycles. The van der Waals surface area contributed by atoms with Crippen LogP contribution in [0.25, 0.3) is 0 Å². The minimum absolute atomic E-state index is 0.106. The first-order chi connectivity index (χ1) is 42.6. The highest BCUT2D eigenvalue weighted by Gasteiger charge is 2.30. The van der Waals surface area contributed by atoms with Crippen LogP contribution in [0.15, 0.2) is 0 Å². The van der Waals surface area contributed by atoms with E-state index in [4.69, 9.17) is 37.0 Å². The van der Waals surface area contributed by atoms with E-state index in [0.29, 0.717) is 25.7 Å². The molecule has 0 aromatic rings. The Morgan fingerprint density at radius 3 is 0.807 bits per heavy atom. The molecule has 3 N–H and O–H groups in total. The molecular formula is C69H134O17P2. The topological polar surface area (TPSA) is 237 Å². The quantitative estimate of drug-likeness (QED) is 0.0222. The van der Waals surface area contributed by atoms with Gasteiger partial charge in [-0.25, -0.2) is 9.13 Å². The van der Waals surface area contributed by atoms with Crippen LogP contribution in [0, 0.1) is 5.92 Å². The fraction of sp³-hybridized carbons (Fsp3) is 0.942. The second kappa shape index (κ2) is 62.5. The van der Waals surface area contributed by atoms with Gasteiger partial charge >= 0.3 is 39.5 Å². The third-order valence-electron chi connectivity index (χ3n) is 16.4. The molecule has 19 heteroatoms. The Balaban J connectivity index is 5.22. The van der Waals surface area contributed by atoms with Gasteiger partial charge in [-0.1, -0.05) is 304 Å². The minimum atomic E-state index is -4.95. The molecular weight excluding hydrogens is 1160 g/mol. The molecule has 0 bridgehead atoms. The molecule has 0 spiro atoms. The first-order valence-electron chi connectivity index (χ1n) is 36.2. The summed E-state index contributed by atoms with van der Waals surface area (Å²) in [5, 5.41) is 10.6. The van der Waals surface area contributed by atoms with Crippen molar-refractivity contribution in [3.05, 3.63) is 0 Å². The summed E-state index contributed by atoms with van der Waals surface area (Å²) in [5.74, 6) is -1.32. The number of ether oxygens (including phenoxy) is 4. The molecule has 0 aromatic carbocycles. The molecule has 0 aliphatic heterocycles. The van der Waals surface area contributed by atoms with E-state index >= 15 is 0 Å². The molecule has 0 amide bonds. The van der Waals surface area contributed by atoms with Crippen molar-refractivity contribution in [1.29, 1.82) is 0 Å². The molecule has 0 aromatic heterocycles. The van der Waals surface area contributed by atoms with Crippen molar-refractivity contribution in [2.75, 3.05) is 39.6 Å². The number of aliphatic hydroxyl groups is 1. The Hall–Kier alpha value is -1.94. The molecule has 88 heavy (non-hydrogen) atoms. The number of phosphoric acid groups is 2. The minimum Gasteiger partial charge on any atom is -0.462 e. The Morgan fingerprint density at radius 2 is 0.545 bits per heavy atom. The standard InChI is InChI=1S/C69H134O17P2/c1-6-10-13-16-19-22-24-25-26-27-28-29-35-40-45-50-55-69(74)86-65(59-80-67(72)53-48-43-38-34-31-30-32-36-41-46-51-62(5)9-4)61-84-88(77,78)82-57-63(70)56-81-87(75,76)83-60-64(58-79-66(71)52-47-42-37-21-18-15-12-8-3)85-68(73)54-49-44-39-33-23-20-17-14-11-7-2/h62-65,70H,6-61H2,1-5H3,(H,75,76)(H,77,78)/t62?,63-,64+,65+/m0/s1. The van der Waals surface area contributed by atoms with Crippen molar-refractivity contribution in [2.24, 2.45) is 5.92 Å². The van der Waals surface area contributed by atoms with E-state index in [1.807, 2.05) is 0 Å². The van der Waals surface area contributed by atoms with Gasteiger partial charge in [-0.05, 0) is 31.6 Å². The van der Waals surface area contributed by atoms with Gasteiger partial charge < -0.3 is 33.8 Å². The van der Waals surface area contributed by atoms with Crippen molar-refractivity contribution < 1.29 is 80.2 Å². The summed E-state index contributed by atoms with van der Waals surface area (Å²) in [4.78, 5) is 72.4. The molecule has 0 fully saturated rings. The third-order valence-corrected chi connectivity index (χ3v) is 18.3. The number of rotatable bonds is 69. The summed E-state index contributed by atoms with van der Waals surface area (Å²) in [6, 6.07) is 0. The molecule has 522 valence electrons. The maximum Gasteiger partial charge on any atom is 0.472 e. The smallest absolute Gasteiger partial charge is 0.462 e. The van der Waals surface area contributed by atoms with Gasteiger partial charge in [-0.15, -0.1) is 0 Å². The van der Waals surface area contributed by atoms with Crippen LogP contribution in [0.3, 0.4) is 0 Å². The van der Waals surface area contributed by atoms with Crippen LogP contribution < -0.4 is 0 Å². The Kier molecular flexibility index (Phi) is 61.1. The third kappa shape index (κ3) is 61.6. The SMILES string of the molecule is CCCCCCCCCCCCCCCCCCC(=O)O[C@H](COC(=O)CCCCCCCCCCCCC(C)CC)COP(=O)(O)OC[C@@H](O)COP(=O)(O)OC[C@@H](COC(=O)CCCCCCCCCC)OC(=O)CCCCCCCCCCCC. The molecule has 0 aliphatic carbocycles. The van der Waals surface area contributed by atoms with Crippen molar-refractivity contribution >= 4 is 39.5 Å². The average molecular weight is 1300 g/mol. The Labute approximate surface area is 537 Å². The zero-order valence-corrected chi connectivity index (χ0v) is 58.6. The summed E-state index contributed by atoms with van der Waals surface area (Å²) in [6.07, 6.45) is 48.5. The van der Waals surface area contributed by atoms with Crippen LogP contribution >= 0.6 is 15.6 Å². The molecule has 3 unspecified atom stereocenters. The predicted octanol–water partition coefficient (Wildman–Crippen LogP) is 19.7. The van der Waals surface area contributed by atoms with E-state index in [9.17, 15) is 43.2 Å². The number of hydrogen-bond donors (Lipinski definition) is 3. The lowest BCUT2D eigenvalue weighted by atomic mass is 9.99. The van der Waals surface area contributed by atoms with Crippen LogP contribution in [0.2, 0.25) is 0 Å². The molecule has 6 atom stereocenters. The van der Waals surface area contributed by atoms with Crippen LogP contribution in [-0.2, 0) is 65.4 Å². The van der Waals surface area contributed by atoms with Gasteiger partial charge in [-0.3, -0.25) is 37.3 Å². The predicted molar refractivity (Wildman–Crippen MR) is 354 cm³/mol. The van der Waals surface area contributed by atoms with Crippen LogP contribution in [0.1, 0.15) is 356 Å². The second-order valence-electron chi connectivity index (χ2n) is 25.2. The van der Waals surface area contributed by atoms with E-state index in [0.717, 1.165) is 102 Å². The summed E-state index contributed by atoms with van der Waals surface area (Å²) in [5.41, 5.74) is 0. The maximum absolute atomic E-state index is 13.0. The first kappa shape index (κ1) is 86.1. The monoisotopic (exact) mass is 1300 g/mol. The number of unbranched alkanes of at least 4 members (excludes halogenated alkanes) is 40. The number of carbonyl (C=O) groups is 4. The van der Waals surface area contributed by atoms with Crippen molar-refractivity contribution in [2.45, 2.75) is 374 Å². The fourth-order valence-corrected chi connectivity index (χ4v) is 12.0. The van der Waals surface area contributed by atoms with Crippen molar-refractivity contribution in [1.82, 2.24) is 0 Å². The molecule has 17 nitrogen and oxygen atoms in total. The fourth-order valence-electron chi connectivity index (χ4n) is 10.4. The largest absolute Gasteiger partial charge is 0.472 e. The molecule has 0 aliphatic rings. The van der Waals surface area contributed by atoms with Gasteiger partial charge in [0.25, 0.3) is 0 Å². The van der Waals surface area contributed by atoms with Crippen LogP contribution in [0.5, 0.6) is 0 Å². The Morgan fingerprint density at radius 1 is 0.318 bits per heavy atom. The van der Waals surface area contributed by atoms with E-state index in [-0.39, 0.29) is 25.7 Å². The van der Waals surface area contributed by atoms with Gasteiger partial charge in [0.05, 0.1) is 26.4 Å². The van der Waals surface area contributed by atoms with Crippen molar-refractivity contribution in [3.63, 3.8) is 0 Å². The van der Waals surface area contributed by atoms with Crippen molar-refractivity contribution in [3.8, 4) is 0 Å². The highest BCUT2D eigenvalue weighted by molar-refractivity contribution is 7.47. The number of esters is 4. The Bertz CT molecular complexity index is 1710. The van der Waals surface area contributed by atoms with Gasteiger partial charge in [0, 0.05) is 25.7 Å². The first-order valence-corrected chi connectivity index (χ1v) is 39.2. The van der Waals surface area contributed by atoms with Gasteiger partial charge in [0.2, 0.25) is 0 Å². The summed E-state index contributed by atoms with van der Waals surface area (Å²) in [6.45, 7) is 7.24. The summed E-state index contributed by atoms with van der Waals surface area (Å²) in [7, 11) is -9.89. The van der Waals surface area contributed by atoms with E-state index in [2.05, 4.69) is 34.6 Å². The molecule has 0 heterocycles. The zero-order chi connectivity index (χ0) is 64.9. The lowest BCUT2D eigenvalue weighted by Gasteiger charge is -2.21. The highest BCUT2D eigenvalue weighted by atomic mass is 31.2. The van der Waals surface area contributed by atoms with E-state index < -0.39 is 97.5 Å². The number of hydrogen-bond acceptors (Lipinski definition) is 15. The second-order valence-corrected chi connectivity index (χ2v) is 28.1. The zero-order valence-electron chi connectivity index (χ0n) is 56.9. The number of carbonyl (C=O) groups excluding carboxylic acids is 4. The summed E-state index contributed by atoms with van der Waals surface area (Å²) < 4.78 is 68.2. The van der Waals surface area contributed by atoms with Gasteiger partial charge in [0.15, 0.2) is 12.2 Å². The highest BCUT2D eigenvalue weighted by Crippen LogP contribution is 2.45. The van der Waals surface area contributed by atoms with E-state index in [1.165, 1.54) is 173 Å². The lowest BCUT2D eigenvalue weighted by molar-refractivity contribution is -0.161. The lowest BCUT2D eigenvalue weighted by Crippen LogP contribution is -2.30. The molecule has 0 radical (unpaired) electrons. The number of phosphoric ester groups is 2. The van der Waals surface area contributed by atoms with Gasteiger partial charge in [-0.2, -0.15) is 0 Å². The normalized spacial score (nSPS) is 14.4. The average Bonchev–Trinajstić information content (AvgIpc) is 3.51. The summed E-state index contributed by atoms with van der Waals surface area (Å²) >= 11 is 0. The molecule has 0 saturated heterocycles.